The Balaban J connectivity index is 1.43. The maximum atomic E-state index is 15.1. The zero-order valence-corrected chi connectivity index (χ0v) is 19.3. The number of carbonyl (C=O) groups is 1. The summed E-state index contributed by atoms with van der Waals surface area (Å²) in [4.78, 5) is 13.8. The van der Waals surface area contributed by atoms with E-state index in [4.69, 9.17) is 4.74 Å². The van der Waals surface area contributed by atoms with Crippen LogP contribution in [0.4, 0.5) is 4.39 Å². The molecule has 4 nitrogen and oxygen atoms in total. The molecule has 1 aliphatic heterocycles. The van der Waals surface area contributed by atoms with E-state index in [1.54, 1.807) is 17.4 Å². The Morgan fingerprint density at radius 1 is 1.12 bits per heavy atom. The van der Waals surface area contributed by atoms with Crippen LogP contribution in [0.1, 0.15) is 28.1 Å². The summed E-state index contributed by atoms with van der Waals surface area (Å²) in [6.45, 7) is 2.92. The molecule has 0 saturated heterocycles. The molecule has 0 fully saturated rings. The van der Waals surface area contributed by atoms with E-state index < -0.39 is 0 Å². The van der Waals surface area contributed by atoms with Gasteiger partial charge in [-0.3, -0.25) is 4.79 Å². The number of fused-ring (bicyclic) bond motifs is 3. The molecule has 0 saturated carbocycles. The van der Waals surface area contributed by atoms with Gasteiger partial charge in [0, 0.05) is 34.7 Å². The monoisotopic (exact) mass is 460 g/mol. The van der Waals surface area contributed by atoms with Crippen LogP contribution < -0.4 is 10.1 Å². The zero-order valence-electron chi connectivity index (χ0n) is 18.4. The second kappa shape index (κ2) is 9.24. The van der Waals surface area contributed by atoms with Crippen LogP contribution in [0.3, 0.4) is 0 Å². The number of hydrogen-bond acceptors (Lipinski definition) is 3. The van der Waals surface area contributed by atoms with Gasteiger partial charge in [0.1, 0.15) is 18.2 Å². The highest BCUT2D eigenvalue weighted by Gasteiger charge is 2.26. The van der Waals surface area contributed by atoms with Crippen molar-refractivity contribution in [2.75, 3.05) is 6.54 Å². The Morgan fingerprint density at radius 2 is 2.00 bits per heavy atom. The third-order valence-corrected chi connectivity index (χ3v) is 6.84. The lowest BCUT2D eigenvalue weighted by Gasteiger charge is -2.21. The average molecular weight is 461 g/mol. The number of thiophene rings is 1. The molecule has 3 heterocycles. The summed E-state index contributed by atoms with van der Waals surface area (Å²) in [5, 5.41) is 5.05. The molecule has 0 unspecified atom stereocenters. The Bertz CT molecular complexity index is 1290. The smallest absolute Gasteiger partial charge is 0.220 e. The van der Waals surface area contributed by atoms with E-state index in [2.05, 4.69) is 11.4 Å². The van der Waals surface area contributed by atoms with Crippen LogP contribution in [-0.2, 0) is 24.2 Å². The molecule has 1 aliphatic rings. The molecule has 6 heteroatoms. The van der Waals surface area contributed by atoms with E-state index in [-0.39, 0.29) is 11.7 Å². The lowest BCUT2D eigenvalue weighted by atomic mass is 10.0. The number of carbonyl (C=O) groups excluding carboxylic acids is 1. The van der Waals surface area contributed by atoms with Crippen molar-refractivity contribution in [3.63, 3.8) is 0 Å². The zero-order chi connectivity index (χ0) is 22.8. The lowest BCUT2D eigenvalue weighted by molar-refractivity contribution is -0.121. The number of ether oxygens (including phenoxy) is 1. The molecule has 0 bridgehead atoms. The number of para-hydroxylation sites is 1. The molecular formula is C27H25FN2O2S. The first-order valence-corrected chi connectivity index (χ1v) is 12.0. The van der Waals surface area contributed by atoms with E-state index in [9.17, 15) is 4.79 Å². The van der Waals surface area contributed by atoms with Crippen molar-refractivity contribution in [1.29, 1.82) is 0 Å². The molecule has 0 atom stereocenters. The van der Waals surface area contributed by atoms with Gasteiger partial charge in [-0.25, -0.2) is 4.39 Å². The van der Waals surface area contributed by atoms with Crippen LogP contribution >= 0.6 is 11.3 Å². The Morgan fingerprint density at radius 3 is 2.82 bits per heavy atom. The van der Waals surface area contributed by atoms with Crippen molar-refractivity contribution in [3.8, 4) is 22.7 Å². The van der Waals surface area contributed by atoms with Gasteiger partial charge in [0.05, 0.1) is 11.4 Å². The van der Waals surface area contributed by atoms with E-state index in [0.29, 0.717) is 31.7 Å². The highest BCUT2D eigenvalue weighted by Crippen LogP contribution is 2.41. The minimum atomic E-state index is -0.279. The molecule has 168 valence electrons. The molecule has 5 rings (SSSR count). The number of hydrogen-bond donors (Lipinski definition) is 1. The standard InChI is InChI=1S/C27H25FN2O2S/c1-18-8-10-24(23(28)15-18)30-20(9-11-26(31)29-13-12-21-5-4-14-33-21)16-19-17-32-25-7-3-2-6-22(25)27(19)30/h2-8,10,14-16H,9,11-13,17H2,1H3,(H,29,31). The molecule has 0 radical (unpaired) electrons. The molecule has 0 aliphatic carbocycles. The van der Waals surface area contributed by atoms with Crippen LogP contribution in [0.2, 0.25) is 0 Å². The Labute approximate surface area is 196 Å². The number of nitrogens with zero attached hydrogens (tertiary/aromatic N) is 1. The average Bonchev–Trinajstić information content (AvgIpc) is 3.46. The molecule has 2 aromatic carbocycles. The van der Waals surface area contributed by atoms with Gasteiger partial charge in [0.15, 0.2) is 0 Å². The predicted octanol–water partition coefficient (Wildman–Crippen LogP) is 5.84. The number of nitrogens with one attached hydrogen (secondary N) is 1. The molecule has 0 spiro atoms. The van der Waals surface area contributed by atoms with Gasteiger partial charge in [-0.1, -0.05) is 24.3 Å². The van der Waals surface area contributed by atoms with Crippen molar-refractivity contribution < 1.29 is 13.9 Å². The van der Waals surface area contributed by atoms with Gasteiger partial charge in [-0.15, -0.1) is 11.3 Å². The van der Waals surface area contributed by atoms with E-state index >= 15 is 4.39 Å². The van der Waals surface area contributed by atoms with Gasteiger partial charge >= 0.3 is 0 Å². The SMILES string of the molecule is Cc1ccc(-n2c(CCC(=O)NCCc3cccs3)cc3c2-c2ccccc2OC3)c(F)c1. The van der Waals surface area contributed by atoms with Gasteiger partial charge in [-0.2, -0.15) is 0 Å². The van der Waals surface area contributed by atoms with Crippen LogP contribution in [0, 0.1) is 12.7 Å². The molecular weight excluding hydrogens is 435 g/mol. The maximum Gasteiger partial charge on any atom is 0.220 e. The van der Waals surface area contributed by atoms with Crippen LogP contribution in [-0.4, -0.2) is 17.0 Å². The molecule has 1 amide bonds. The highest BCUT2D eigenvalue weighted by atomic mass is 32.1. The van der Waals surface area contributed by atoms with Gasteiger partial charge in [0.2, 0.25) is 5.91 Å². The van der Waals surface area contributed by atoms with Crippen LogP contribution in [0.25, 0.3) is 16.9 Å². The highest BCUT2D eigenvalue weighted by molar-refractivity contribution is 7.09. The third kappa shape index (κ3) is 4.44. The van der Waals surface area contributed by atoms with Crippen molar-refractivity contribution >= 4 is 17.2 Å². The summed E-state index contributed by atoms with van der Waals surface area (Å²) < 4.78 is 23.0. The first kappa shape index (κ1) is 21.5. The third-order valence-electron chi connectivity index (χ3n) is 5.91. The number of halogens is 1. The van der Waals surface area contributed by atoms with Crippen LogP contribution in [0.15, 0.2) is 66.0 Å². The number of benzene rings is 2. The summed E-state index contributed by atoms with van der Waals surface area (Å²) in [5.74, 6) is 0.507. The second-order valence-corrected chi connectivity index (χ2v) is 9.30. The summed E-state index contributed by atoms with van der Waals surface area (Å²) in [6, 6.07) is 19.2. The molecule has 1 N–H and O–H groups in total. The predicted molar refractivity (Wildman–Crippen MR) is 130 cm³/mol. The quantitative estimate of drug-likeness (QED) is 0.377. The normalized spacial score (nSPS) is 12.1. The lowest BCUT2D eigenvalue weighted by Crippen LogP contribution is -2.26. The summed E-state index contributed by atoms with van der Waals surface area (Å²) in [5.41, 5.74) is 5.13. The van der Waals surface area contributed by atoms with E-state index in [1.165, 1.54) is 4.88 Å². The minimum absolute atomic E-state index is 0.00157. The van der Waals surface area contributed by atoms with Crippen molar-refractivity contribution in [3.05, 3.63) is 93.6 Å². The second-order valence-electron chi connectivity index (χ2n) is 8.26. The van der Waals surface area contributed by atoms with Gasteiger partial charge in [-0.05, 0) is 67.1 Å². The van der Waals surface area contributed by atoms with Crippen molar-refractivity contribution in [1.82, 2.24) is 9.88 Å². The molecule has 33 heavy (non-hydrogen) atoms. The van der Waals surface area contributed by atoms with Gasteiger partial charge < -0.3 is 14.6 Å². The number of amides is 1. The fourth-order valence-corrected chi connectivity index (χ4v) is 5.04. The maximum absolute atomic E-state index is 15.1. The van der Waals surface area contributed by atoms with Gasteiger partial charge in [0.25, 0.3) is 0 Å². The Kier molecular flexibility index (Phi) is 6.01. The Hall–Kier alpha value is -3.38. The number of rotatable bonds is 7. The van der Waals surface area contributed by atoms with E-state index in [0.717, 1.165) is 40.2 Å². The first-order valence-electron chi connectivity index (χ1n) is 11.1. The topological polar surface area (TPSA) is 43.3 Å². The minimum Gasteiger partial charge on any atom is -0.488 e. The number of aryl methyl sites for hydroxylation is 2. The fraction of sp³-hybridized carbons (Fsp3) is 0.222. The largest absolute Gasteiger partial charge is 0.488 e. The summed E-state index contributed by atoms with van der Waals surface area (Å²) in [6.07, 6.45) is 1.67. The van der Waals surface area contributed by atoms with E-state index in [1.807, 2.05) is 65.4 Å². The molecule has 4 aromatic rings. The number of aromatic nitrogens is 1. The summed E-state index contributed by atoms with van der Waals surface area (Å²) in [7, 11) is 0. The summed E-state index contributed by atoms with van der Waals surface area (Å²) >= 11 is 1.69. The van der Waals surface area contributed by atoms with Crippen molar-refractivity contribution in [2.24, 2.45) is 0 Å². The first-order chi connectivity index (χ1) is 16.1. The van der Waals surface area contributed by atoms with Crippen LogP contribution in [0.5, 0.6) is 5.75 Å². The van der Waals surface area contributed by atoms with Crippen molar-refractivity contribution in [2.45, 2.75) is 32.8 Å². The molecule has 2 aromatic heterocycles. The fourth-order valence-electron chi connectivity index (χ4n) is 4.33.